The molecular formula is C25H26ClFN4O2. The van der Waals surface area contributed by atoms with Crippen LogP contribution in [0, 0.1) is 5.82 Å². The molecule has 0 atom stereocenters. The van der Waals surface area contributed by atoms with E-state index in [1.807, 2.05) is 18.2 Å². The molecule has 0 spiro atoms. The van der Waals surface area contributed by atoms with Crippen molar-refractivity contribution in [2.75, 3.05) is 43.0 Å². The van der Waals surface area contributed by atoms with E-state index < -0.39 is 0 Å². The molecular weight excluding hydrogens is 443 g/mol. The first-order chi connectivity index (χ1) is 16.0. The number of halogens is 2. The first kappa shape index (κ1) is 23.0. The molecule has 0 saturated carbocycles. The van der Waals surface area contributed by atoms with Crippen LogP contribution in [0.5, 0.6) is 5.75 Å². The summed E-state index contributed by atoms with van der Waals surface area (Å²) in [5, 5.41) is 3.41. The molecule has 2 heterocycles. The Kier molecular flexibility index (Phi) is 7.75. The van der Waals surface area contributed by atoms with Crippen LogP contribution in [0.1, 0.15) is 12.0 Å². The Morgan fingerprint density at radius 2 is 1.91 bits per heavy atom. The third-order valence-corrected chi connectivity index (χ3v) is 5.67. The maximum atomic E-state index is 13.5. The summed E-state index contributed by atoms with van der Waals surface area (Å²) < 4.78 is 18.9. The molecule has 3 aromatic rings. The lowest BCUT2D eigenvalue weighted by Gasteiger charge is -2.23. The number of pyridine rings is 1. The Morgan fingerprint density at radius 3 is 2.67 bits per heavy atom. The van der Waals surface area contributed by atoms with Crippen LogP contribution >= 0.6 is 11.6 Å². The molecule has 0 unspecified atom stereocenters. The number of rotatable bonds is 7. The third-order valence-electron chi connectivity index (χ3n) is 5.42. The molecule has 6 nitrogen and oxygen atoms in total. The van der Waals surface area contributed by atoms with Crippen molar-refractivity contribution in [1.29, 1.82) is 0 Å². The molecule has 1 aromatic heterocycles. The molecule has 1 N–H and O–H groups in total. The number of hydrogen-bond acceptors (Lipinski definition) is 5. The quantitative estimate of drug-likeness (QED) is 0.549. The molecule has 1 fully saturated rings. The minimum absolute atomic E-state index is 0.101. The maximum Gasteiger partial charge on any atom is 0.262 e. The number of anilines is 2. The SMILES string of the molecule is O=C(COc1ccc(Cl)cc1)Nc1ccc(N2CCCN(Cc3cccc(F)c3)CC2)nc1. The summed E-state index contributed by atoms with van der Waals surface area (Å²) in [5.74, 6) is 0.993. The fourth-order valence-electron chi connectivity index (χ4n) is 3.78. The first-order valence-electron chi connectivity index (χ1n) is 10.9. The third kappa shape index (κ3) is 6.91. The summed E-state index contributed by atoms with van der Waals surface area (Å²) in [7, 11) is 0. The lowest BCUT2D eigenvalue weighted by Crippen LogP contribution is -2.31. The van der Waals surface area contributed by atoms with Crippen molar-refractivity contribution in [2.24, 2.45) is 0 Å². The zero-order chi connectivity index (χ0) is 23.0. The summed E-state index contributed by atoms with van der Waals surface area (Å²) in [6, 6.07) is 17.4. The molecule has 0 bridgehead atoms. The van der Waals surface area contributed by atoms with Gasteiger partial charge in [0.2, 0.25) is 0 Å². The van der Waals surface area contributed by atoms with Gasteiger partial charge in [0.05, 0.1) is 11.9 Å². The van der Waals surface area contributed by atoms with Crippen LogP contribution in [0.3, 0.4) is 0 Å². The Hall–Kier alpha value is -3.16. The highest BCUT2D eigenvalue weighted by molar-refractivity contribution is 6.30. The van der Waals surface area contributed by atoms with Crippen LogP contribution in [0.15, 0.2) is 66.9 Å². The van der Waals surface area contributed by atoms with E-state index in [2.05, 4.69) is 20.1 Å². The predicted molar refractivity (Wildman–Crippen MR) is 128 cm³/mol. The van der Waals surface area contributed by atoms with Gasteiger partial charge in [0.25, 0.3) is 5.91 Å². The molecule has 1 amide bonds. The van der Waals surface area contributed by atoms with Crippen molar-refractivity contribution in [3.8, 4) is 5.75 Å². The Bertz CT molecular complexity index is 1060. The number of carbonyl (C=O) groups excluding carboxylic acids is 1. The number of ether oxygens (including phenoxy) is 1. The summed E-state index contributed by atoms with van der Waals surface area (Å²) in [6.07, 6.45) is 2.66. The number of amides is 1. The summed E-state index contributed by atoms with van der Waals surface area (Å²) in [5.41, 5.74) is 1.60. The van der Waals surface area contributed by atoms with E-state index in [1.54, 1.807) is 42.6 Å². The van der Waals surface area contributed by atoms with E-state index in [9.17, 15) is 9.18 Å². The summed E-state index contributed by atoms with van der Waals surface area (Å²) >= 11 is 5.84. The lowest BCUT2D eigenvalue weighted by atomic mass is 10.2. The second-order valence-corrected chi connectivity index (χ2v) is 8.38. The van der Waals surface area contributed by atoms with Crippen LogP contribution in [-0.2, 0) is 11.3 Å². The van der Waals surface area contributed by atoms with Crippen molar-refractivity contribution in [1.82, 2.24) is 9.88 Å². The Balaban J connectivity index is 1.26. The molecule has 0 aliphatic carbocycles. The van der Waals surface area contributed by atoms with E-state index in [0.29, 0.717) is 16.5 Å². The minimum atomic E-state index is -0.262. The molecule has 4 rings (SSSR count). The van der Waals surface area contributed by atoms with Crippen LogP contribution in [0.25, 0.3) is 0 Å². The van der Waals surface area contributed by atoms with Gasteiger partial charge < -0.3 is 15.0 Å². The van der Waals surface area contributed by atoms with Gasteiger partial charge in [-0.1, -0.05) is 23.7 Å². The van der Waals surface area contributed by atoms with Crippen molar-refractivity contribution in [3.05, 3.63) is 83.3 Å². The van der Waals surface area contributed by atoms with Crippen LogP contribution < -0.4 is 15.0 Å². The van der Waals surface area contributed by atoms with Crippen molar-refractivity contribution < 1.29 is 13.9 Å². The normalized spacial score (nSPS) is 14.5. The maximum absolute atomic E-state index is 13.5. The van der Waals surface area contributed by atoms with E-state index in [0.717, 1.165) is 50.5 Å². The monoisotopic (exact) mass is 468 g/mol. The largest absolute Gasteiger partial charge is 0.484 e. The average Bonchev–Trinajstić information content (AvgIpc) is 3.05. The highest BCUT2D eigenvalue weighted by Crippen LogP contribution is 2.18. The van der Waals surface area contributed by atoms with E-state index in [1.165, 1.54) is 6.07 Å². The fraction of sp³-hybridized carbons (Fsp3) is 0.280. The lowest BCUT2D eigenvalue weighted by molar-refractivity contribution is -0.118. The van der Waals surface area contributed by atoms with Gasteiger partial charge in [0.15, 0.2) is 6.61 Å². The number of aromatic nitrogens is 1. The zero-order valence-electron chi connectivity index (χ0n) is 18.2. The summed E-state index contributed by atoms with van der Waals surface area (Å²) in [4.78, 5) is 21.3. The number of carbonyl (C=O) groups is 1. The van der Waals surface area contributed by atoms with E-state index in [4.69, 9.17) is 16.3 Å². The van der Waals surface area contributed by atoms with Gasteiger partial charge >= 0.3 is 0 Å². The van der Waals surface area contributed by atoms with E-state index in [-0.39, 0.29) is 18.3 Å². The van der Waals surface area contributed by atoms with E-state index >= 15 is 0 Å². The number of nitrogens with zero attached hydrogens (tertiary/aromatic N) is 3. The van der Waals surface area contributed by atoms with Gasteiger partial charge in [-0.15, -0.1) is 0 Å². The number of benzene rings is 2. The second kappa shape index (κ2) is 11.1. The number of nitrogens with one attached hydrogen (secondary N) is 1. The molecule has 172 valence electrons. The highest BCUT2D eigenvalue weighted by Gasteiger charge is 2.16. The van der Waals surface area contributed by atoms with Gasteiger partial charge in [-0.2, -0.15) is 0 Å². The minimum Gasteiger partial charge on any atom is -0.484 e. The standard InChI is InChI=1S/C25H26ClFN4O2/c26-20-5-8-23(9-6-20)33-18-25(32)29-22-7-10-24(28-16-22)31-12-2-11-30(13-14-31)17-19-3-1-4-21(27)15-19/h1,3-10,15-16H,2,11-14,17-18H2,(H,29,32). The molecule has 33 heavy (non-hydrogen) atoms. The second-order valence-electron chi connectivity index (χ2n) is 7.94. The van der Waals surface area contributed by atoms with Crippen LogP contribution in [0.4, 0.5) is 15.9 Å². The van der Waals surface area contributed by atoms with Gasteiger partial charge in [0.1, 0.15) is 17.4 Å². The topological polar surface area (TPSA) is 57.7 Å². The molecule has 2 aromatic carbocycles. The Labute approximate surface area is 197 Å². The molecule has 0 radical (unpaired) electrons. The summed E-state index contributed by atoms with van der Waals surface area (Å²) in [6.45, 7) is 4.20. The average molecular weight is 469 g/mol. The Morgan fingerprint density at radius 1 is 1.06 bits per heavy atom. The predicted octanol–water partition coefficient (Wildman–Crippen LogP) is 4.60. The van der Waals surface area contributed by atoms with Crippen LogP contribution in [0.2, 0.25) is 5.02 Å². The zero-order valence-corrected chi connectivity index (χ0v) is 19.0. The highest BCUT2D eigenvalue weighted by atomic mass is 35.5. The molecule has 1 aliphatic heterocycles. The van der Waals surface area contributed by atoms with Crippen molar-refractivity contribution >= 4 is 29.0 Å². The molecule has 1 aliphatic rings. The smallest absolute Gasteiger partial charge is 0.262 e. The van der Waals surface area contributed by atoms with Gasteiger partial charge in [-0.3, -0.25) is 9.69 Å². The van der Waals surface area contributed by atoms with Crippen molar-refractivity contribution in [2.45, 2.75) is 13.0 Å². The first-order valence-corrected chi connectivity index (χ1v) is 11.3. The van der Waals surface area contributed by atoms with Gasteiger partial charge in [-0.25, -0.2) is 9.37 Å². The molecule has 8 heteroatoms. The number of hydrogen-bond donors (Lipinski definition) is 1. The van der Waals surface area contributed by atoms with Crippen molar-refractivity contribution in [3.63, 3.8) is 0 Å². The molecule has 1 saturated heterocycles. The van der Waals surface area contributed by atoms with Gasteiger partial charge in [0, 0.05) is 37.7 Å². The van der Waals surface area contributed by atoms with Crippen LogP contribution in [-0.4, -0.2) is 48.6 Å². The fourth-order valence-corrected chi connectivity index (χ4v) is 3.90. The van der Waals surface area contributed by atoms with Gasteiger partial charge in [-0.05, 0) is 60.5 Å².